The average Bonchev–Trinajstić information content (AvgIpc) is 3.01. The highest BCUT2D eigenvalue weighted by Crippen LogP contribution is 2.33. The number of hydrogen-bond donors (Lipinski definition) is 0. The Morgan fingerprint density at radius 1 is 0.929 bits per heavy atom. The van der Waals surface area contributed by atoms with Crippen molar-refractivity contribution in [2.45, 2.75) is 64.2 Å². The SMILES string of the molecule is O=C(CCC1CCCCCC1)C1CC1. The van der Waals surface area contributed by atoms with Crippen molar-refractivity contribution >= 4 is 5.78 Å². The molecule has 0 heterocycles. The topological polar surface area (TPSA) is 17.1 Å². The largest absolute Gasteiger partial charge is 0.299 e. The van der Waals surface area contributed by atoms with Crippen LogP contribution in [0.3, 0.4) is 0 Å². The van der Waals surface area contributed by atoms with Crippen molar-refractivity contribution in [1.82, 2.24) is 0 Å². The lowest BCUT2D eigenvalue weighted by Crippen LogP contribution is -2.05. The van der Waals surface area contributed by atoms with Gasteiger partial charge in [-0.1, -0.05) is 38.5 Å². The minimum atomic E-state index is 0.487. The maximum absolute atomic E-state index is 11.5. The molecule has 0 aromatic carbocycles. The van der Waals surface area contributed by atoms with Gasteiger partial charge in [-0.2, -0.15) is 0 Å². The van der Waals surface area contributed by atoms with Crippen LogP contribution in [0.4, 0.5) is 0 Å². The summed E-state index contributed by atoms with van der Waals surface area (Å²) < 4.78 is 0. The van der Waals surface area contributed by atoms with E-state index in [1.165, 1.54) is 57.8 Å². The van der Waals surface area contributed by atoms with Crippen molar-refractivity contribution in [3.05, 3.63) is 0 Å². The number of carbonyl (C=O) groups is 1. The van der Waals surface area contributed by atoms with Crippen LogP contribution < -0.4 is 0 Å². The fourth-order valence-electron chi connectivity index (χ4n) is 2.61. The van der Waals surface area contributed by atoms with E-state index in [0.717, 1.165) is 12.3 Å². The summed E-state index contributed by atoms with van der Waals surface area (Å²) in [6.07, 6.45) is 12.9. The molecule has 1 nitrogen and oxygen atoms in total. The second-order valence-corrected chi connectivity index (χ2v) is 5.14. The maximum atomic E-state index is 11.5. The van der Waals surface area contributed by atoms with Gasteiger partial charge < -0.3 is 0 Å². The molecule has 2 fully saturated rings. The second kappa shape index (κ2) is 4.95. The highest BCUT2D eigenvalue weighted by molar-refractivity contribution is 5.83. The lowest BCUT2D eigenvalue weighted by Gasteiger charge is -2.12. The summed E-state index contributed by atoms with van der Waals surface area (Å²) in [7, 11) is 0. The fraction of sp³-hybridized carbons (Fsp3) is 0.923. The third-order valence-electron chi connectivity index (χ3n) is 3.81. The van der Waals surface area contributed by atoms with Gasteiger partial charge >= 0.3 is 0 Å². The molecule has 2 aliphatic carbocycles. The van der Waals surface area contributed by atoms with Gasteiger partial charge in [-0.3, -0.25) is 4.79 Å². The number of hydrogen-bond acceptors (Lipinski definition) is 1. The molecule has 80 valence electrons. The summed E-state index contributed by atoms with van der Waals surface area (Å²) in [6, 6.07) is 0. The van der Waals surface area contributed by atoms with Gasteiger partial charge in [0.05, 0.1) is 0 Å². The summed E-state index contributed by atoms with van der Waals surface area (Å²) >= 11 is 0. The van der Waals surface area contributed by atoms with Crippen molar-refractivity contribution in [2.24, 2.45) is 11.8 Å². The van der Waals surface area contributed by atoms with E-state index in [-0.39, 0.29) is 0 Å². The van der Waals surface area contributed by atoms with Gasteiger partial charge in [0.2, 0.25) is 0 Å². The Morgan fingerprint density at radius 2 is 1.57 bits per heavy atom. The molecule has 0 aliphatic heterocycles. The van der Waals surface area contributed by atoms with Gasteiger partial charge in [-0.15, -0.1) is 0 Å². The molecule has 14 heavy (non-hydrogen) atoms. The summed E-state index contributed by atoms with van der Waals surface area (Å²) in [5.74, 6) is 1.93. The van der Waals surface area contributed by atoms with Gasteiger partial charge in [0.1, 0.15) is 5.78 Å². The third kappa shape index (κ3) is 3.11. The zero-order chi connectivity index (χ0) is 9.80. The molecule has 2 saturated carbocycles. The maximum Gasteiger partial charge on any atom is 0.135 e. The molecular formula is C13H22O. The number of Topliss-reactive ketones (excluding diaryl/α,β-unsaturated/α-hetero) is 1. The van der Waals surface area contributed by atoms with Gasteiger partial charge in [0, 0.05) is 12.3 Å². The van der Waals surface area contributed by atoms with Gasteiger partial charge in [0.25, 0.3) is 0 Å². The zero-order valence-electron chi connectivity index (χ0n) is 9.13. The first kappa shape index (κ1) is 10.2. The summed E-state index contributed by atoms with van der Waals surface area (Å²) in [4.78, 5) is 11.5. The highest BCUT2D eigenvalue weighted by atomic mass is 16.1. The Morgan fingerprint density at radius 3 is 2.14 bits per heavy atom. The van der Waals surface area contributed by atoms with E-state index in [0.29, 0.717) is 11.7 Å². The Kier molecular flexibility index (Phi) is 3.61. The Hall–Kier alpha value is -0.330. The highest BCUT2D eigenvalue weighted by Gasteiger charge is 2.29. The Labute approximate surface area is 87.3 Å². The minimum Gasteiger partial charge on any atom is -0.299 e. The smallest absolute Gasteiger partial charge is 0.135 e. The molecule has 0 aromatic heterocycles. The molecule has 0 N–H and O–H groups in total. The summed E-state index contributed by atoms with van der Waals surface area (Å²) in [5, 5.41) is 0. The molecule has 2 aliphatic rings. The van der Waals surface area contributed by atoms with Gasteiger partial charge in [-0.05, 0) is 25.2 Å². The van der Waals surface area contributed by atoms with Crippen LogP contribution in [-0.2, 0) is 4.79 Å². The van der Waals surface area contributed by atoms with Crippen LogP contribution in [0.5, 0.6) is 0 Å². The quantitative estimate of drug-likeness (QED) is 0.623. The molecule has 2 rings (SSSR count). The number of rotatable bonds is 4. The van der Waals surface area contributed by atoms with Crippen LogP contribution in [0, 0.1) is 11.8 Å². The van der Waals surface area contributed by atoms with Crippen molar-refractivity contribution in [2.75, 3.05) is 0 Å². The van der Waals surface area contributed by atoms with Crippen LogP contribution in [0.2, 0.25) is 0 Å². The summed E-state index contributed by atoms with van der Waals surface area (Å²) in [5.41, 5.74) is 0. The predicted molar refractivity (Wildman–Crippen MR) is 58.2 cm³/mol. The first-order valence-corrected chi connectivity index (χ1v) is 6.39. The molecule has 0 radical (unpaired) electrons. The lowest BCUT2D eigenvalue weighted by atomic mass is 9.93. The molecular weight excluding hydrogens is 172 g/mol. The average molecular weight is 194 g/mol. The van der Waals surface area contributed by atoms with Crippen LogP contribution in [-0.4, -0.2) is 5.78 Å². The van der Waals surface area contributed by atoms with E-state index in [9.17, 15) is 4.79 Å². The van der Waals surface area contributed by atoms with Gasteiger partial charge in [0.15, 0.2) is 0 Å². The van der Waals surface area contributed by atoms with E-state index in [1.54, 1.807) is 0 Å². The van der Waals surface area contributed by atoms with Crippen molar-refractivity contribution in [1.29, 1.82) is 0 Å². The first-order valence-electron chi connectivity index (χ1n) is 6.39. The molecule has 0 atom stereocenters. The zero-order valence-corrected chi connectivity index (χ0v) is 9.13. The lowest BCUT2D eigenvalue weighted by molar-refractivity contribution is -0.120. The molecule has 0 amide bonds. The van der Waals surface area contributed by atoms with E-state index in [2.05, 4.69) is 0 Å². The molecule has 1 heteroatoms. The van der Waals surface area contributed by atoms with Gasteiger partial charge in [-0.25, -0.2) is 0 Å². The van der Waals surface area contributed by atoms with E-state index in [1.807, 2.05) is 0 Å². The monoisotopic (exact) mass is 194 g/mol. The molecule has 0 unspecified atom stereocenters. The van der Waals surface area contributed by atoms with E-state index < -0.39 is 0 Å². The molecule has 0 aromatic rings. The Balaban J connectivity index is 1.65. The minimum absolute atomic E-state index is 0.487. The fourth-order valence-corrected chi connectivity index (χ4v) is 2.61. The normalized spacial score (nSPS) is 24.6. The molecule has 0 bridgehead atoms. The Bertz CT molecular complexity index is 185. The molecule has 0 spiro atoms. The number of ketones is 1. The first-order chi connectivity index (χ1) is 6.86. The molecule has 0 saturated heterocycles. The number of carbonyl (C=O) groups excluding carboxylic acids is 1. The summed E-state index contributed by atoms with van der Waals surface area (Å²) in [6.45, 7) is 0. The van der Waals surface area contributed by atoms with Crippen LogP contribution in [0.15, 0.2) is 0 Å². The third-order valence-corrected chi connectivity index (χ3v) is 3.81. The van der Waals surface area contributed by atoms with Crippen molar-refractivity contribution in [3.63, 3.8) is 0 Å². The van der Waals surface area contributed by atoms with Crippen LogP contribution >= 0.6 is 0 Å². The van der Waals surface area contributed by atoms with Crippen molar-refractivity contribution in [3.8, 4) is 0 Å². The van der Waals surface area contributed by atoms with Crippen LogP contribution in [0.1, 0.15) is 64.2 Å². The van der Waals surface area contributed by atoms with Crippen LogP contribution in [0.25, 0.3) is 0 Å². The van der Waals surface area contributed by atoms with Crippen molar-refractivity contribution < 1.29 is 4.79 Å². The standard InChI is InChI=1S/C13H22O/c14-13(12-8-9-12)10-7-11-5-3-1-2-4-6-11/h11-12H,1-10H2. The second-order valence-electron chi connectivity index (χ2n) is 5.14. The van der Waals surface area contributed by atoms with E-state index >= 15 is 0 Å². The predicted octanol–water partition coefficient (Wildman–Crippen LogP) is 3.72. The van der Waals surface area contributed by atoms with E-state index in [4.69, 9.17) is 0 Å².